The van der Waals surface area contributed by atoms with Crippen LogP contribution in [-0.2, 0) is 12.1 Å². The third-order valence-corrected chi connectivity index (χ3v) is 3.28. The number of amides is 2. The monoisotopic (exact) mass is 284 g/mol. The van der Waals surface area contributed by atoms with E-state index in [4.69, 9.17) is 0 Å². The van der Waals surface area contributed by atoms with E-state index >= 15 is 0 Å². The standard InChI is InChI=1S/C17H20N2O2/c1-17(21,15-10-6-3-7-11-15)13-19-16(20)18-12-14-8-4-2-5-9-14/h2-11,21H,12-13H2,1H3,(H2,18,19,20)/t17-/m0/s1. The van der Waals surface area contributed by atoms with E-state index in [1.54, 1.807) is 6.92 Å². The topological polar surface area (TPSA) is 61.4 Å². The van der Waals surface area contributed by atoms with Crippen molar-refractivity contribution in [2.45, 2.75) is 19.1 Å². The van der Waals surface area contributed by atoms with Gasteiger partial charge < -0.3 is 15.7 Å². The summed E-state index contributed by atoms with van der Waals surface area (Å²) in [5.41, 5.74) is 0.710. The highest BCUT2D eigenvalue weighted by Gasteiger charge is 2.23. The number of hydrogen-bond acceptors (Lipinski definition) is 2. The summed E-state index contributed by atoms with van der Waals surface area (Å²) >= 11 is 0. The Morgan fingerprint density at radius 2 is 1.57 bits per heavy atom. The van der Waals surface area contributed by atoms with Gasteiger partial charge in [-0.25, -0.2) is 4.79 Å². The maximum Gasteiger partial charge on any atom is 0.315 e. The molecule has 110 valence electrons. The predicted octanol–water partition coefficient (Wildman–Crippen LogP) is 2.39. The van der Waals surface area contributed by atoms with Crippen molar-refractivity contribution in [2.75, 3.05) is 6.54 Å². The molecule has 2 rings (SSSR count). The Balaban J connectivity index is 1.81. The summed E-state index contributed by atoms with van der Waals surface area (Å²) < 4.78 is 0. The van der Waals surface area contributed by atoms with Crippen molar-refractivity contribution in [1.82, 2.24) is 10.6 Å². The molecular weight excluding hydrogens is 264 g/mol. The molecule has 21 heavy (non-hydrogen) atoms. The molecule has 0 aliphatic heterocycles. The van der Waals surface area contributed by atoms with Crippen LogP contribution in [0.4, 0.5) is 4.79 Å². The van der Waals surface area contributed by atoms with E-state index in [-0.39, 0.29) is 12.6 Å². The lowest BCUT2D eigenvalue weighted by Crippen LogP contribution is -2.43. The number of carbonyl (C=O) groups is 1. The van der Waals surface area contributed by atoms with Gasteiger partial charge in [0.05, 0.1) is 6.54 Å². The fraction of sp³-hybridized carbons (Fsp3) is 0.235. The van der Waals surface area contributed by atoms with Crippen molar-refractivity contribution in [3.05, 3.63) is 71.8 Å². The van der Waals surface area contributed by atoms with Crippen LogP contribution in [-0.4, -0.2) is 17.7 Å². The van der Waals surface area contributed by atoms with Gasteiger partial charge in [0.2, 0.25) is 0 Å². The lowest BCUT2D eigenvalue weighted by molar-refractivity contribution is 0.0594. The largest absolute Gasteiger partial charge is 0.384 e. The van der Waals surface area contributed by atoms with Crippen LogP contribution in [0, 0.1) is 0 Å². The van der Waals surface area contributed by atoms with Crippen molar-refractivity contribution in [3.63, 3.8) is 0 Å². The molecular formula is C17H20N2O2. The van der Waals surface area contributed by atoms with Crippen molar-refractivity contribution >= 4 is 6.03 Å². The first kappa shape index (κ1) is 15.1. The maximum atomic E-state index is 11.8. The van der Waals surface area contributed by atoms with E-state index in [0.29, 0.717) is 6.54 Å². The summed E-state index contributed by atoms with van der Waals surface area (Å²) in [5, 5.41) is 15.8. The molecule has 0 radical (unpaired) electrons. The Bertz CT molecular complexity index is 568. The van der Waals surface area contributed by atoms with Crippen LogP contribution in [0.15, 0.2) is 60.7 Å². The van der Waals surface area contributed by atoms with Gasteiger partial charge in [-0.3, -0.25) is 0 Å². The minimum Gasteiger partial charge on any atom is -0.384 e. The second-order valence-electron chi connectivity index (χ2n) is 5.16. The van der Waals surface area contributed by atoms with Crippen LogP contribution >= 0.6 is 0 Å². The van der Waals surface area contributed by atoms with Gasteiger partial charge >= 0.3 is 6.03 Å². The highest BCUT2D eigenvalue weighted by molar-refractivity contribution is 5.73. The quantitative estimate of drug-likeness (QED) is 0.789. The number of carbonyl (C=O) groups excluding carboxylic acids is 1. The molecule has 0 aliphatic carbocycles. The molecule has 0 heterocycles. The van der Waals surface area contributed by atoms with Gasteiger partial charge in [0.1, 0.15) is 5.60 Å². The van der Waals surface area contributed by atoms with E-state index in [2.05, 4.69) is 10.6 Å². The zero-order valence-corrected chi connectivity index (χ0v) is 12.0. The van der Waals surface area contributed by atoms with E-state index < -0.39 is 5.60 Å². The Hall–Kier alpha value is -2.33. The number of rotatable bonds is 5. The van der Waals surface area contributed by atoms with Gasteiger partial charge in [0.25, 0.3) is 0 Å². The second kappa shape index (κ2) is 6.90. The Morgan fingerprint density at radius 3 is 2.19 bits per heavy atom. The molecule has 0 fully saturated rings. The minimum atomic E-state index is -1.09. The first-order valence-electron chi connectivity index (χ1n) is 6.91. The Kier molecular flexibility index (Phi) is 4.95. The van der Waals surface area contributed by atoms with Gasteiger partial charge in [0.15, 0.2) is 0 Å². The summed E-state index contributed by atoms with van der Waals surface area (Å²) in [5.74, 6) is 0. The summed E-state index contributed by atoms with van der Waals surface area (Å²) in [6, 6.07) is 18.7. The van der Waals surface area contributed by atoms with Crippen LogP contribution in [0.2, 0.25) is 0 Å². The molecule has 4 nitrogen and oxygen atoms in total. The fourth-order valence-electron chi connectivity index (χ4n) is 1.99. The summed E-state index contributed by atoms with van der Waals surface area (Å²) in [6.45, 7) is 2.29. The molecule has 0 aromatic heterocycles. The third-order valence-electron chi connectivity index (χ3n) is 3.28. The number of aliphatic hydroxyl groups is 1. The molecule has 0 saturated carbocycles. The smallest absolute Gasteiger partial charge is 0.315 e. The van der Waals surface area contributed by atoms with Gasteiger partial charge in [0, 0.05) is 6.54 Å². The van der Waals surface area contributed by atoms with Crippen molar-refractivity contribution in [1.29, 1.82) is 0 Å². The van der Waals surface area contributed by atoms with Gasteiger partial charge in [-0.2, -0.15) is 0 Å². The van der Waals surface area contributed by atoms with Crippen LogP contribution in [0.1, 0.15) is 18.1 Å². The van der Waals surface area contributed by atoms with E-state index in [1.165, 1.54) is 0 Å². The molecule has 2 amide bonds. The van der Waals surface area contributed by atoms with Crippen molar-refractivity contribution in [3.8, 4) is 0 Å². The van der Waals surface area contributed by atoms with E-state index in [1.807, 2.05) is 60.7 Å². The van der Waals surface area contributed by atoms with E-state index in [0.717, 1.165) is 11.1 Å². The van der Waals surface area contributed by atoms with Gasteiger partial charge in [-0.15, -0.1) is 0 Å². The zero-order chi connectivity index (χ0) is 15.1. The summed E-state index contributed by atoms with van der Waals surface area (Å²) in [6.07, 6.45) is 0. The molecule has 3 N–H and O–H groups in total. The minimum absolute atomic E-state index is 0.150. The molecule has 0 spiro atoms. The summed E-state index contributed by atoms with van der Waals surface area (Å²) in [4.78, 5) is 11.8. The van der Waals surface area contributed by atoms with Gasteiger partial charge in [-0.1, -0.05) is 60.7 Å². The molecule has 0 saturated heterocycles. The zero-order valence-electron chi connectivity index (χ0n) is 12.0. The highest BCUT2D eigenvalue weighted by Crippen LogP contribution is 2.18. The predicted molar refractivity (Wildman–Crippen MR) is 82.7 cm³/mol. The lowest BCUT2D eigenvalue weighted by atomic mass is 9.96. The molecule has 4 heteroatoms. The van der Waals surface area contributed by atoms with Crippen molar-refractivity contribution < 1.29 is 9.90 Å². The lowest BCUT2D eigenvalue weighted by Gasteiger charge is -2.24. The maximum absolute atomic E-state index is 11.8. The Labute approximate surface area is 124 Å². The summed E-state index contributed by atoms with van der Waals surface area (Å²) in [7, 11) is 0. The number of nitrogens with one attached hydrogen (secondary N) is 2. The second-order valence-corrected chi connectivity index (χ2v) is 5.16. The first-order valence-corrected chi connectivity index (χ1v) is 6.91. The highest BCUT2D eigenvalue weighted by atomic mass is 16.3. The van der Waals surface area contributed by atoms with Crippen LogP contribution in [0.25, 0.3) is 0 Å². The molecule has 2 aromatic carbocycles. The molecule has 0 unspecified atom stereocenters. The van der Waals surface area contributed by atoms with E-state index in [9.17, 15) is 9.90 Å². The molecule has 1 atom stereocenters. The van der Waals surface area contributed by atoms with Crippen LogP contribution in [0.3, 0.4) is 0 Å². The number of benzene rings is 2. The number of urea groups is 1. The fourth-order valence-corrected chi connectivity index (χ4v) is 1.99. The van der Waals surface area contributed by atoms with Gasteiger partial charge in [-0.05, 0) is 18.1 Å². The molecule has 2 aromatic rings. The SMILES string of the molecule is C[C@](O)(CNC(=O)NCc1ccccc1)c1ccccc1. The normalized spacial score (nSPS) is 13.2. The first-order chi connectivity index (χ1) is 10.1. The van der Waals surface area contributed by atoms with Crippen molar-refractivity contribution in [2.24, 2.45) is 0 Å². The molecule has 0 bridgehead atoms. The average molecular weight is 284 g/mol. The Morgan fingerprint density at radius 1 is 1.00 bits per heavy atom. The molecule has 0 aliphatic rings. The van der Waals surface area contributed by atoms with Crippen LogP contribution < -0.4 is 10.6 Å². The number of hydrogen-bond donors (Lipinski definition) is 3. The third kappa shape index (κ3) is 4.61. The average Bonchev–Trinajstić information content (AvgIpc) is 2.53. The van der Waals surface area contributed by atoms with Crippen LogP contribution in [0.5, 0.6) is 0 Å².